The average molecular weight is 685 g/mol. The Morgan fingerprint density at radius 3 is 0.550 bits per heavy atom. The Hall–Kier alpha value is 1.28. The summed E-state index contributed by atoms with van der Waals surface area (Å²) in [5, 5.41) is 1.18. The number of alkyl halides is 1. The molecule has 0 spiro atoms. The number of unbranched alkanes of at least 4 members (excludes halogenated alkanes) is 33. The lowest BCUT2D eigenvalue weighted by Crippen LogP contribution is -1.91. The first kappa shape index (κ1) is 41.3. The van der Waals surface area contributed by atoms with Gasteiger partial charge in [0.15, 0.2) is 0 Å². The van der Waals surface area contributed by atoms with Gasteiger partial charge in [0.05, 0.1) is 0 Å². The van der Waals surface area contributed by atoms with Crippen LogP contribution in [-0.4, -0.2) is 12.7 Å². The molecule has 242 valence electrons. The lowest BCUT2D eigenvalue weighted by atomic mass is 10.0. The largest absolute Gasteiger partial charge is 0.237 e. The highest BCUT2D eigenvalue weighted by Gasteiger charge is 2.01. The summed E-state index contributed by atoms with van der Waals surface area (Å²) in [5.74, 6) is 0. The van der Waals surface area contributed by atoms with Gasteiger partial charge in [0.25, 0.3) is 0 Å². The molecule has 4 heteroatoms. The first-order valence-electron chi connectivity index (χ1n) is 18.6. The van der Waals surface area contributed by atoms with Crippen molar-refractivity contribution in [3.63, 3.8) is 0 Å². The fraction of sp³-hybridized carbons (Fsp3) is 1.00. The van der Waals surface area contributed by atoms with Crippen LogP contribution in [0.4, 0.5) is 0 Å². The predicted octanol–water partition coefficient (Wildman–Crippen LogP) is 15.3. The molecule has 0 saturated heterocycles. The van der Waals surface area contributed by atoms with E-state index in [9.17, 15) is 0 Å². The molecule has 0 rings (SSSR count). The van der Waals surface area contributed by atoms with Crippen LogP contribution in [0.5, 0.6) is 0 Å². The first-order chi connectivity index (χ1) is 19.8. The summed E-state index contributed by atoms with van der Waals surface area (Å²) < 4.78 is 0. The zero-order chi connectivity index (χ0) is 29.0. The van der Waals surface area contributed by atoms with E-state index in [1.807, 2.05) is 0 Å². The quantitative estimate of drug-likeness (QED) is 0.0267. The van der Waals surface area contributed by atoms with E-state index in [0.29, 0.717) is 0 Å². The van der Waals surface area contributed by atoms with E-state index in [4.69, 9.17) is 22.2 Å². The van der Waals surface area contributed by atoms with E-state index in [1.54, 1.807) is 0 Å². The normalized spacial score (nSPS) is 11.7. The summed E-state index contributed by atoms with van der Waals surface area (Å²) >= 11 is 15.3. The van der Waals surface area contributed by atoms with Crippen LogP contribution in [0.25, 0.3) is 0 Å². The molecule has 0 radical (unpaired) electrons. The minimum absolute atomic E-state index is 1.10. The maximum absolute atomic E-state index is 5.91. The highest BCUT2D eigenvalue weighted by Crippen LogP contribution is 2.17. The van der Waals surface area contributed by atoms with Gasteiger partial charge < -0.3 is 0 Å². The molecule has 0 aromatic rings. The maximum Gasteiger partial charge on any atom is 0.237 e. The van der Waals surface area contributed by atoms with Crippen molar-refractivity contribution in [3.8, 4) is 0 Å². The maximum atomic E-state index is 5.91. The number of halogens is 3. The van der Waals surface area contributed by atoms with Crippen LogP contribution in [-0.2, 0) is 0 Å². The van der Waals surface area contributed by atoms with E-state index in [1.165, 1.54) is 224 Å². The second-order valence-electron chi connectivity index (χ2n) is 12.9. The Labute approximate surface area is 273 Å². The van der Waals surface area contributed by atoms with Crippen molar-refractivity contribution in [1.29, 1.82) is 0 Å². The predicted molar refractivity (Wildman–Crippen MR) is 194 cm³/mol. The Morgan fingerprint density at radius 2 is 0.400 bits per heavy atom. The molecule has 0 unspecified atom stereocenters. The second-order valence-corrected chi connectivity index (χ2v) is 18.9. The average Bonchev–Trinajstić information content (AvgIpc) is 2.95. The van der Waals surface area contributed by atoms with E-state index >= 15 is 0 Å². The molecule has 0 heterocycles. The van der Waals surface area contributed by atoms with Crippen LogP contribution in [0.3, 0.4) is 0 Å². The molecule has 40 heavy (non-hydrogen) atoms. The Bertz CT molecular complexity index is 435. The van der Waals surface area contributed by atoms with Crippen molar-refractivity contribution in [2.75, 3.05) is 5.33 Å². The summed E-state index contributed by atoms with van der Waals surface area (Å²) in [7, 11) is -1.34. The van der Waals surface area contributed by atoms with Gasteiger partial charge in [-0.05, 0) is 12.5 Å². The molecule has 0 amide bonds. The molecule has 0 aromatic carbocycles. The van der Waals surface area contributed by atoms with Crippen LogP contribution < -0.4 is 0 Å². The van der Waals surface area contributed by atoms with Gasteiger partial charge in [-0.15, -0.1) is 0 Å². The third-order valence-corrected chi connectivity index (χ3v) is 11.5. The third-order valence-electron chi connectivity index (χ3n) is 8.81. The molecule has 0 saturated carbocycles. The fourth-order valence-electron chi connectivity index (χ4n) is 6.05. The van der Waals surface area contributed by atoms with Crippen LogP contribution in [0, 0.1) is 0 Å². The second kappa shape index (κ2) is 38.3. The van der Waals surface area contributed by atoms with Crippen molar-refractivity contribution in [3.05, 3.63) is 0 Å². The molecule has 0 aromatic heterocycles. The summed E-state index contributed by atoms with van der Waals surface area (Å²) in [6.45, 7) is 0. The minimum atomic E-state index is -1.34. The van der Waals surface area contributed by atoms with E-state index in [-0.39, 0.29) is 0 Å². The molecule has 0 bridgehead atoms. The Morgan fingerprint density at radius 1 is 0.250 bits per heavy atom. The van der Waals surface area contributed by atoms with Crippen molar-refractivity contribution in [2.45, 2.75) is 224 Å². The zero-order valence-electron chi connectivity index (χ0n) is 27.2. The van der Waals surface area contributed by atoms with Gasteiger partial charge in [-0.2, -0.15) is 22.2 Å². The molecule has 0 N–H and O–H groups in total. The number of rotatable bonds is 36. The minimum Gasteiger partial charge on any atom is -0.150 e. The van der Waals surface area contributed by atoms with Gasteiger partial charge in [-0.1, -0.05) is 228 Å². The molecule has 0 aliphatic heterocycles. The van der Waals surface area contributed by atoms with Gasteiger partial charge in [0, 0.05) is 5.33 Å². The van der Waals surface area contributed by atoms with Crippen molar-refractivity contribution in [1.82, 2.24) is 0 Å². The van der Waals surface area contributed by atoms with Gasteiger partial charge in [-0.3, -0.25) is 0 Å². The Kier molecular flexibility index (Phi) is 39.5. The van der Waals surface area contributed by atoms with Crippen LogP contribution >= 0.6 is 38.1 Å². The molecule has 0 fully saturated rings. The van der Waals surface area contributed by atoms with E-state index < -0.39 is 7.42 Å². The third kappa shape index (κ3) is 39.3. The molecule has 0 atom stereocenters. The molecular formula is C36H73BrCl2Si. The van der Waals surface area contributed by atoms with Gasteiger partial charge in [0.1, 0.15) is 0 Å². The van der Waals surface area contributed by atoms with Gasteiger partial charge in [-0.25, -0.2) is 0 Å². The highest BCUT2D eigenvalue weighted by atomic mass is 79.9. The molecular weight excluding hydrogens is 611 g/mol. The monoisotopic (exact) mass is 682 g/mol. The standard InChI is InChI=1S/C36H73BrCl2Si/c37-35-33-31-29-27-25-23-21-19-17-15-13-11-9-7-5-3-1-2-4-6-8-10-12-14-16-18-20-22-24-26-28-30-32-34-36-40(38)39/h40H,1-36H2. The summed E-state index contributed by atoms with van der Waals surface area (Å²) in [6.07, 6.45) is 49.5. The van der Waals surface area contributed by atoms with Crippen molar-refractivity contribution >= 4 is 45.5 Å². The smallest absolute Gasteiger partial charge is 0.150 e. The Balaban J connectivity index is 3.02. The van der Waals surface area contributed by atoms with E-state index in [2.05, 4.69) is 15.9 Å². The lowest BCUT2D eigenvalue weighted by Gasteiger charge is -2.05. The van der Waals surface area contributed by atoms with Crippen LogP contribution in [0.15, 0.2) is 0 Å². The van der Waals surface area contributed by atoms with Crippen molar-refractivity contribution < 1.29 is 0 Å². The summed E-state index contributed by atoms with van der Waals surface area (Å²) in [4.78, 5) is 0. The molecule has 0 nitrogen and oxygen atoms in total. The van der Waals surface area contributed by atoms with Gasteiger partial charge >= 0.3 is 0 Å². The first-order valence-corrected chi connectivity index (χ1v) is 24.0. The van der Waals surface area contributed by atoms with Gasteiger partial charge in [0.2, 0.25) is 7.42 Å². The summed E-state index contributed by atoms with van der Waals surface area (Å²) in [5.41, 5.74) is 0. The lowest BCUT2D eigenvalue weighted by molar-refractivity contribution is 0.511. The van der Waals surface area contributed by atoms with Crippen LogP contribution in [0.2, 0.25) is 6.04 Å². The number of hydrogen-bond acceptors (Lipinski definition) is 0. The molecule has 0 aliphatic carbocycles. The van der Waals surface area contributed by atoms with E-state index in [0.717, 1.165) is 6.04 Å². The van der Waals surface area contributed by atoms with Crippen molar-refractivity contribution in [2.24, 2.45) is 0 Å². The zero-order valence-corrected chi connectivity index (χ0v) is 31.4. The fourth-order valence-corrected chi connectivity index (χ4v) is 7.97. The van der Waals surface area contributed by atoms with Crippen LogP contribution in [0.1, 0.15) is 218 Å². The summed E-state index contributed by atoms with van der Waals surface area (Å²) in [6, 6.07) is 1.10. The SMILES string of the molecule is Cl[SiH](Cl)CCCCCCCCCCCCCCCCCCCCCCCCCCCCCCCCCCCCBr. The topological polar surface area (TPSA) is 0 Å². The molecule has 0 aliphatic rings. The highest BCUT2D eigenvalue weighted by molar-refractivity contribution is 9.09. The number of hydrogen-bond donors (Lipinski definition) is 0.